The molecular formula is C65H125NO13. The Kier molecular flexibility index (Phi) is 47.8. The van der Waals surface area contributed by atoms with Gasteiger partial charge in [-0.15, -0.1) is 0 Å². The summed E-state index contributed by atoms with van der Waals surface area (Å²) in [4.78, 5) is 13.2. The molecule has 79 heavy (non-hydrogen) atoms. The first kappa shape index (κ1) is 73.8. The summed E-state index contributed by atoms with van der Waals surface area (Å²) in [5.74, 6) is -0.235. The Morgan fingerprint density at radius 1 is 0.443 bits per heavy atom. The van der Waals surface area contributed by atoms with Gasteiger partial charge < -0.3 is 65.1 Å². The van der Waals surface area contributed by atoms with Gasteiger partial charge in [-0.3, -0.25) is 4.79 Å². The van der Waals surface area contributed by atoms with Crippen LogP contribution in [0, 0.1) is 0 Å². The number of ether oxygens (including phenoxy) is 4. The molecule has 2 rings (SSSR count). The molecule has 14 heteroatoms. The van der Waals surface area contributed by atoms with E-state index < -0.39 is 86.8 Å². The van der Waals surface area contributed by atoms with Crippen LogP contribution in [0.1, 0.15) is 303 Å². The number of allylic oxidation sites excluding steroid dienone is 1. The van der Waals surface area contributed by atoms with Crippen molar-refractivity contribution < 1.29 is 64.6 Å². The fourth-order valence-electron chi connectivity index (χ4n) is 11.4. The maximum Gasteiger partial charge on any atom is 0.220 e. The predicted molar refractivity (Wildman–Crippen MR) is 319 cm³/mol. The van der Waals surface area contributed by atoms with Crippen LogP contribution in [0.5, 0.6) is 0 Å². The first-order chi connectivity index (χ1) is 38.6. The second-order valence-electron chi connectivity index (χ2n) is 24.0. The number of hydrogen-bond acceptors (Lipinski definition) is 13. The third kappa shape index (κ3) is 36.2. The van der Waals surface area contributed by atoms with Crippen molar-refractivity contribution in [1.82, 2.24) is 5.32 Å². The number of aliphatic hydroxyl groups is 8. The Hall–Kier alpha value is -1.27. The average molecular weight is 1130 g/mol. The largest absolute Gasteiger partial charge is 0.394 e. The van der Waals surface area contributed by atoms with Crippen LogP contribution in [0.2, 0.25) is 0 Å². The van der Waals surface area contributed by atoms with E-state index in [9.17, 15) is 45.6 Å². The van der Waals surface area contributed by atoms with Gasteiger partial charge in [-0.05, 0) is 19.3 Å². The Morgan fingerprint density at radius 2 is 0.785 bits per heavy atom. The molecule has 2 heterocycles. The Labute approximate surface area is 482 Å². The van der Waals surface area contributed by atoms with Crippen LogP contribution in [0.3, 0.4) is 0 Å². The van der Waals surface area contributed by atoms with Crippen molar-refractivity contribution in [3.05, 3.63) is 12.2 Å². The van der Waals surface area contributed by atoms with Crippen molar-refractivity contribution in [2.24, 2.45) is 0 Å². The fourth-order valence-corrected chi connectivity index (χ4v) is 11.4. The molecule has 12 unspecified atom stereocenters. The lowest BCUT2D eigenvalue weighted by molar-refractivity contribution is -0.359. The standard InChI is InChI=1S/C65H125NO13/c1-3-5-7-9-11-13-15-16-17-18-19-20-21-22-23-24-25-26-27-28-29-30-31-32-33-34-35-36-37-38-39-41-43-45-47-49-57(70)66-53(54(69)48-46-44-42-40-14-12-10-8-6-4-2)52-76-64-62(75)60(73)63(56(51-68)78-64)79-65-61(74)59(72)58(71)55(50-67)77-65/h46,48,53-56,58-65,67-69,71-75H,3-45,47,49-52H2,1-2H3,(H,66,70)/b48-46+. The summed E-state index contributed by atoms with van der Waals surface area (Å²) in [6.07, 6.45) is 44.6. The number of unbranched alkanes of at least 4 members (excludes halogenated alkanes) is 42. The normalized spacial score (nSPS) is 24.4. The lowest BCUT2D eigenvalue weighted by atomic mass is 9.97. The van der Waals surface area contributed by atoms with Crippen LogP contribution >= 0.6 is 0 Å². The molecule has 0 bridgehead atoms. The summed E-state index contributed by atoms with van der Waals surface area (Å²) in [6, 6.07) is -0.908. The molecule has 0 aromatic rings. The van der Waals surface area contributed by atoms with Crippen LogP contribution in [0.4, 0.5) is 0 Å². The van der Waals surface area contributed by atoms with Crippen LogP contribution in [-0.4, -0.2) is 140 Å². The van der Waals surface area contributed by atoms with Gasteiger partial charge in [0.25, 0.3) is 0 Å². The SMILES string of the molecule is CCCCCCCCCC/C=C/C(O)C(COC1OC(CO)C(OC2OC(CO)C(O)C(O)C2O)C(O)C1O)NC(=O)CCCCCCCCCCCCCCCCCCCCCCCCCCCCCCCCCCCCC. The van der Waals surface area contributed by atoms with E-state index in [0.717, 1.165) is 38.5 Å². The van der Waals surface area contributed by atoms with Crippen molar-refractivity contribution in [2.75, 3.05) is 19.8 Å². The molecule has 0 aromatic carbocycles. The van der Waals surface area contributed by atoms with Gasteiger partial charge in [0.1, 0.15) is 48.8 Å². The summed E-state index contributed by atoms with van der Waals surface area (Å²) in [5, 5.41) is 87.0. The minimum Gasteiger partial charge on any atom is -0.394 e. The number of nitrogens with one attached hydrogen (secondary N) is 1. The van der Waals surface area contributed by atoms with Crippen molar-refractivity contribution in [2.45, 2.75) is 376 Å². The number of carbonyl (C=O) groups excluding carboxylic acids is 1. The molecule has 0 spiro atoms. The minimum atomic E-state index is -1.78. The predicted octanol–water partition coefficient (Wildman–Crippen LogP) is 12.6. The molecule has 2 saturated heterocycles. The highest BCUT2D eigenvalue weighted by Gasteiger charge is 2.51. The van der Waals surface area contributed by atoms with Gasteiger partial charge in [-0.1, -0.05) is 289 Å². The molecule has 0 saturated carbocycles. The number of aliphatic hydroxyl groups excluding tert-OH is 8. The van der Waals surface area contributed by atoms with Crippen LogP contribution in [0.25, 0.3) is 0 Å². The molecule has 0 aromatic heterocycles. The maximum absolute atomic E-state index is 13.2. The summed E-state index contributed by atoms with van der Waals surface area (Å²) in [5.41, 5.74) is 0. The highest BCUT2D eigenvalue weighted by molar-refractivity contribution is 5.76. The molecular weight excluding hydrogens is 1000 g/mol. The van der Waals surface area contributed by atoms with Crippen molar-refractivity contribution in [3.8, 4) is 0 Å². The highest BCUT2D eigenvalue weighted by atomic mass is 16.7. The zero-order chi connectivity index (χ0) is 57.4. The molecule has 2 fully saturated rings. The van der Waals surface area contributed by atoms with Crippen molar-refractivity contribution >= 4 is 5.91 Å². The van der Waals surface area contributed by atoms with Crippen molar-refractivity contribution in [3.63, 3.8) is 0 Å². The Bertz CT molecular complexity index is 1380. The fraction of sp³-hybridized carbons (Fsp3) is 0.954. The molecule has 1 amide bonds. The molecule has 468 valence electrons. The first-order valence-electron chi connectivity index (χ1n) is 33.4. The quantitative estimate of drug-likeness (QED) is 0.0204. The van der Waals surface area contributed by atoms with E-state index in [4.69, 9.17) is 18.9 Å². The van der Waals surface area contributed by atoms with E-state index >= 15 is 0 Å². The molecule has 0 radical (unpaired) electrons. The van der Waals surface area contributed by atoms with Crippen LogP contribution < -0.4 is 5.32 Å². The smallest absolute Gasteiger partial charge is 0.220 e. The second-order valence-corrected chi connectivity index (χ2v) is 24.0. The summed E-state index contributed by atoms with van der Waals surface area (Å²) < 4.78 is 22.7. The lowest BCUT2D eigenvalue weighted by Gasteiger charge is -2.46. The topological polar surface area (TPSA) is 228 Å². The number of amides is 1. The maximum atomic E-state index is 13.2. The van der Waals surface area contributed by atoms with E-state index in [1.165, 1.54) is 238 Å². The van der Waals surface area contributed by atoms with E-state index in [0.29, 0.717) is 6.42 Å². The van der Waals surface area contributed by atoms with Gasteiger partial charge in [0.05, 0.1) is 32.0 Å². The van der Waals surface area contributed by atoms with Gasteiger partial charge in [0.15, 0.2) is 12.6 Å². The van der Waals surface area contributed by atoms with E-state index in [1.807, 2.05) is 6.08 Å². The monoisotopic (exact) mass is 1130 g/mol. The molecule has 0 aliphatic carbocycles. The summed E-state index contributed by atoms with van der Waals surface area (Å²) >= 11 is 0. The average Bonchev–Trinajstić information content (AvgIpc) is 3.48. The van der Waals surface area contributed by atoms with E-state index in [1.54, 1.807) is 6.08 Å². The van der Waals surface area contributed by atoms with Gasteiger partial charge in [0, 0.05) is 6.42 Å². The lowest BCUT2D eigenvalue weighted by Crippen LogP contribution is -2.65. The third-order valence-electron chi connectivity index (χ3n) is 16.7. The van der Waals surface area contributed by atoms with Gasteiger partial charge in [0.2, 0.25) is 5.91 Å². The van der Waals surface area contributed by atoms with Crippen LogP contribution in [0.15, 0.2) is 12.2 Å². The highest BCUT2D eigenvalue weighted by Crippen LogP contribution is 2.30. The minimum absolute atomic E-state index is 0.235. The van der Waals surface area contributed by atoms with Gasteiger partial charge in [-0.25, -0.2) is 0 Å². The summed E-state index contributed by atoms with van der Waals surface area (Å²) in [6.45, 7) is 2.80. The molecule has 12 atom stereocenters. The summed E-state index contributed by atoms with van der Waals surface area (Å²) in [7, 11) is 0. The number of rotatable bonds is 55. The number of carbonyl (C=O) groups is 1. The van der Waals surface area contributed by atoms with Crippen molar-refractivity contribution in [1.29, 1.82) is 0 Å². The first-order valence-corrected chi connectivity index (χ1v) is 33.4. The Balaban J connectivity index is 1.55. The molecule has 2 aliphatic rings. The molecule has 2 aliphatic heterocycles. The van der Waals surface area contributed by atoms with Gasteiger partial charge >= 0.3 is 0 Å². The van der Waals surface area contributed by atoms with Crippen LogP contribution in [-0.2, 0) is 23.7 Å². The van der Waals surface area contributed by atoms with Gasteiger partial charge in [-0.2, -0.15) is 0 Å². The van der Waals surface area contributed by atoms with E-state index in [-0.39, 0.29) is 18.9 Å². The second kappa shape index (κ2) is 51.2. The van der Waals surface area contributed by atoms with E-state index in [2.05, 4.69) is 19.2 Å². The molecule has 14 nitrogen and oxygen atoms in total. The zero-order valence-corrected chi connectivity index (χ0v) is 50.6. The zero-order valence-electron chi connectivity index (χ0n) is 50.6. The third-order valence-corrected chi connectivity index (χ3v) is 16.7. The molecule has 9 N–H and O–H groups in total. The number of hydrogen-bond donors (Lipinski definition) is 9. The Morgan fingerprint density at radius 3 is 1.16 bits per heavy atom.